The molecule has 1 unspecified atom stereocenters. The summed E-state index contributed by atoms with van der Waals surface area (Å²) in [6.45, 7) is 1.50. The van der Waals surface area contributed by atoms with Crippen LogP contribution in [0.4, 0.5) is 8.78 Å². The van der Waals surface area contributed by atoms with E-state index in [-0.39, 0.29) is 17.4 Å². The highest BCUT2D eigenvalue weighted by Crippen LogP contribution is 2.41. The third kappa shape index (κ3) is 2.07. The second-order valence-corrected chi connectivity index (χ2v) is 4.01. The molecule has 2 rings (SSSR count). The van der Waals surface area contributed by atoms with E-state index in [0.29, 0.717) is 12.1 Å². The first kappa shape index (κ1) is 12.1. The van der Waals surface area contributed by atoms with E-state index < -0.39 is 11.6 Å². The highest BCUT2D eigenvalue weighted by molar-refractivity contribution is 5.49. The van der Waals surface area contributed by atoms with E-state index >= 15 is 0 Å². The molecule has 5 heteroatoms. The molecular formula is C12H15F2NO2. The molecule has 0 aliphatic carbocycles. The van der Waals surface area contributed by atoms with Gasteiger partial charge in [0.1, 0.15) is 0 Å². The summed E-state index contributed by atoms with van der Waals surface area (Å²) in [5, 5.41) is 3.16. The number of methoxy groups -OCH3 is 2. The van der Waals surface area contributed by atoms with Crippen LogP contribution in [0.15, 0.2) is 6.07 Å². The van der Waals surface area contributed by atoms with Crippen molar-refractivity contribution in [3.8, 4) is 11.5 Å². The van der Waals surface area contributed by atoms with Crippen LogP contribution in [0.25, 0.3) is 0 Å². The Kier molecular flexibility index (Phi) is 3.47. The van der Waals surface area contributed by atoms with Crippen LogP contribution in [-0.2, 0) is 0 Å². The van der Waals surface area contributed by atoms with Crippen LogP contribution >= 0.6 is 0 Å². The monoisotopic (exact) mass is 243 g/mol. The average Bonchev–Trinajstić information content (AvgIpc) is 2.81. The Morgan fingerprint density at radius 3 is 2.18 bits per heavy atom. The highest BCUT2D eigenvalue weighted by atomic mass is 19.1. The van der Waals surface area contributed by atoms with Gasteiger partial charge in [0.25, 0.3) is 0 Å². The average molecular weight is 243 g/mol. The first-order valence-corrected chi connectivity index (χ1v) is 5.49. The first-order chi connectivity index (χ1) is 8.19. The zero-order valence-corrected chi connectivity index (χ0v) is 9.85. The minimum Gasteiger partial charge on any atom is -0.493 e. The van der Waals surface area contributed by atoms with Crippen LogP contribution in [-0.4, -0.2) is 27.3 Å². The van der Waals surface area contributed by atoms with Crippen LogP contribution in [0, 0.1) is 11.6 Å². The van der Waals surface area contributed by atoms with Crippen molar-refractivity contribution in [1.82, 2.24) is 5.32 Å². The Balaban J connectivity index is 2.58. The number of nitrogens with one attached hydrogen (secondary N) is 1. The van der Waals surface area contributed by atoms with Gasteiger partial charge in [0, 0.05) is 24.1 Å². The first-order valence-electron chi connectivity index (χ1n) is 5.49. The minimum absolute atomic E-state index is 0.0186. The molecule has 3 nitrogen and oxygen atoms in total. The number of benzene rings is 1. The fourth-order valence-electron chi connectivity index (χ4n) is 2.29. The van der Waals surface area contributed by atoms with Crippen molar-refractivity contribution in [3.63, 3.8) is 0 Å². The van der Waals surface area contributed by atoms with Crippen molar-refractivity contribution >= 4 is 0 Å². The maximum absolute atomic E-state index is 13.6. The number of rotatable bonds is 3. The zero-order valence-electron chi connectivity index (χ0n) is 9.85. The summed E-state index contributed by atoms with van der Waals surface area (Å²) in [7, 11) is 2.75. The van der Waals surface area contributed by atoms with Crippen LogP contribution in [0.3, 0.4) is 0 Å². The van der Waals surface area contributed by atoms with Crippen molar-refractivity contribution in [2.24, 2.45) is 0 Å². The zero-order chi connectivity index (χ0) is 12.4. The largest absolute Gasteiger partial charge is 0.493 e. The molecule has 0 spiro atoms. The molecule has 1 atom stereocenters. The highest BCUT2D eigenvalue weighted by Gasteiger charge is 2.28. The Morgan fingerprint density at radius 2 is 1.76 bits per heavy atom. The smallest absolute Gasteiger partial charge is 0.168 e. The Bertz CT molecular complexity index is 389. The third-order valence-corrected chi connectivity index (χ3v) is 3.05. The molecule has 1 N–H and O–H groups in total. The lowest BCUT2D eigenvalue weighted by molar-refractivity contribution is 0.345. The summed E-state index contributed by atoms with van der Waals surface area (Å²) >= 11 is 0. The topological polar surface area (TPSA) is 30.5 Å². The normalized spacial score (nSPS) is 19.4. The van der Waals surface area contributed by atoms with Gasteiger partial charge in [-0.2, -0.15) is 0 Å². The summed E-state index contributed by atoms with van der Waals surface area (Å²) in [6, 6.07) is 0.795. The maximum atomic E-state index is 13.6. The van der Waals surface area contributed by atoms with Gasteiger partial charge in [-0.1, -0.05) is 0 Å². The lowest BCUT2D eigenvalue weighted by Crippen LogP contribution is -2.11. The summed E-state index contributed by atoms with van der Waals surface area (Å²) in [5.74, 6) is -1.19. The van der Waals surface area contributed by atoms with Crippen molar-refractivity contribution in [2.75, 3.05) is 27.3 Å². The molecule has 1 aliphatic rings. The second kappa shape index (κ2) is 4.87. The molecule has 0 aromatic heterocycles. The van der Waals surface area contributed by atoms with E-state index in [2.05, 4.69) is 5.32 Å². The van der Waals surface area contributed by atoms with E-state index in [4.69, 9.17) is 9.47 Å². The van der Waals surface area contributed by atoms with Gasteiger partial charge in [0.05, 0.1) is 14.2 Å². The lowest BCUT2D eigenvalue weighted by Gasteiger charge is -2.18. The molecule has 0 saturated carbocycles. The molecule has 94 valence electrons. The van der Waals surface area contributed by atoms with Gasteiger partial charge in [0.2, 0.25) is 0 Å². The summed E-state index contributed by atoms with van der Waals surface area (Å²) in [5.41, 5.74) is 0.484. The standard InChI is InChI=1S/C12H15F2NO2/c1-16-11-8(13)5-9(14)12(17-2)10(11)7-3-4-15-6-7/h5,7,15H,3-4,6H2,1-2H3. The SMILES string of the molecule is COc1c(F)cc(F)c(OC)c1C1CCNC1. The molecule has 0 radical (unpaired) electrons. The van der Waals surface area contributed by atoms with Crippen molar-refractivity contribution in [3.05, 3.63) is 23.3 Å². The van der Waals surface area contributed by atoms with Gasteiger partial charge < -0.3 is 14.8 Å². The molecule has 1 heterocycles. The fourth-order valence-corrected chi connectivity index (χ4v) is 2.29. The number of halogens is 2. The summed E-state index contributed by atoms with van der Waals surface area (Å²) in [4.78, 5) is 0. The Hall–Kier alpha value is -1.36. The van der Waals surface area contributed by atoms with Gasteiger partial charge in [-0.3, -0.25) is 0 Å². The van der Waals surface area contributed by atoms with Crippen molar-refractivity contribution in [2.45, 2.75) is 12.3 Å². The molecule has 1 aromatic carbocycles. The summed E-state index contributed by atoms with van der Waals surface area (Å²) < 4.78 is 37.4. The molecule has 0 amide bonds. The number of hydrogen-bond acceptors (Lipinski definition) is 3. The molecule has 1 saturated heterocycles. The second-order valence-electron chi connectivity index (χ2n) is 4.01. The van der Waals surface area contributed by atoms with Crippen LogP contribution in [0.1, 0.15) is 17.9 Å². The number of hydrogen-bond donors (Lipinski definition) is 1. The molecule has 0 bridgehead atoms. The van der Waals surface area contributed by atoms with Crippen molar-refractivity contribution < 1.29 is 18.3 Å². The van der Waals surface area contributed by atoms with Crippen LogP contribution < -0.4 is 14.8 Å². The molecule has 17 heavy (non-hydrogen) atoms. The molecule has 1 fully saturated rings. The Labute approximate surface area is 98.7 Å². The van der Waals surface area contributed by atoms with Gasteiger partial charge in [0.15, 0.2) is 23.1 Å². The van der Waals surface area contributed by atoms with Crippen LogP contribution in [0.2, 0.25) is 0 Å². The van der Waals surface area contributed by atoms with E-state index in [1.807, 2.05) is 0 Å². The fraction of sp³-hybridized carbons (Fsp3) is 0.500. The predicted octanol–water partition coefficient (Wildman–Crippen LogP) is 2.06. The van der Waals surface area contributed by atoms with Gasteiger partial charge in [-0.25, -0.2) is 8.78 Å². The Morgan fingerprint density at radius 1 is 1.18 bits per heavy atom. The van der Waals surface area contributed by atoms with Crippen molar-refractivity contribution in [1.29, 1.82) is 0 Å². The third-order valence-electron chi connectivity index (χ3n) is 3.05. The number of ether oxygens (including phenoxy) is 2. The molecular weight excluding hydrogens is 228 g/mol. The lowest BCUT2D eigenvalue weighted by atomic mass is 9.95. The van der Waals surface area contributed by atoms with Crippen LogP contribution in [0.5, 0.6) is 11.5 Å². The minimum atomic E-state index is -0.687. The molecule has 1 aromatic rings. The summed E-state index contributed by atoms with van der Waals surface area (Å²) in [6.07, 6.45) is 0.815. The van der Waals surface area contributed by atoms with E-state index in [1.54, 1.807) is 0 Å². The van der Waals surface area contributed by atoms with Gasteiger partial charge >= 0.3 is 0 Å². The maximum Gasteiger partial charge on any atom is 0.168 e. The van der Waals surface area contributed by atoms with Gasteiger partial charge in [-0.05, 0) is 13.0 Å². The molecule has 1 aliphatic heterocycles. The van der Waals surface area contributed by atoms with E-state index in [1.165, 1.54) is 14.2 Å². The van der Waals surface area contributed by atoms with E-state index in [0.717, 1.165) is 19.0 Å². The predicted molar refractivity (Wildman–Crippen MR) is 59.7 cm³/mol. The quantitative estimate of drug-likeness (QED) is 0.881. The van der Waals surface area contributed by atoms with Gasteiger partial charge in [-0.15, -0.1) is 0 Å². The van der Waals surface area contributed by atoms with E-state index in [9.17, 15) is 8.78 Å².